The molecular formula is C11H11F3N2OS. The summed E-state index contributed by atoms with van der Waals surface area (Å²) < 4.78 is 36.4. The molecule has 1 rings (SSSR count). The van der Waals surface area contributed by atoms with E-state index in [0.717, 1.165) is 18.4 Å². The molecule has 1 amide bonds. The van der Waals surface area contributed by atoms with Crippen LogP contribution in [0.15, 0.2) is 12.1 Å². The van der Waals surface area contributed by atoms with Crippen LogP contribution in [0.2, 0.25) is 0 Å². The summed E-state index contributed by atoms with van der Waals surface area (Å²) in [5.41, 5.74) is 5.19. The molecule has 0 aliphatic carbocycles. The van der Waals surface area contributed by atoms with E-state index in [1.54, 1.807) is 6.07 Å². The molecule has 0 bridgehead atoms. The minimum Gasteiger partial charge on any atom is -0.332 e. The topological polar surface area (TPSA) is 46.3 Å². The minimum absolute atomic E-state index is 0.190. The van der Waals surface area contributed by atoms with E-state index in [2.05, 4.69) is 11.8 Å². The van der Waals surface area contributed by atoms with E-state index in [4.69, 9.17) is 5.73 Å². The van der Waals surface area contributed by atoms with E-state index >= 15 is 0 Å². The molecule has 0 aliphatic heterocycles. The number of halogens is 3. The largest absolute Gasteiger partial charge is 0.406 e. The van der Waals surface area contributed by atoms with Crippen LogP contribution >= 0.6 is 11.3 Å². The smallest absolute Gasteiger partial charge is 0.332 e. The summed E-state index contributed by atoms with van der Waals surface area (Å²) >= 11 is 1.05. The van der Waals surface area contributed by atoms with Crippen LogP contribution in [0.5, 0.6) is 0 Å². The molecule has 1 aromatic rings. The molecule has 18 heavy (non-hydrogen) atoms. The highest BCUT2D eigenvalue weighted by Gasteiger charge is 2.31. The zero-order valence-corrected chi connectivity index (χ0v) is 10.4. The first kappa shape index (κ1) is 14.5. The average Bonchev–Trinajstić information content (AvgIpc) is 2.71. The monoisotopic (exact) mass is 276 g/mol. The Labute approximate surface area is 106 Å². The molecule has 0 spiro atoms. The van der Waals surface area contributed by atoms with Crippen LogP contribution in [-0.4, -0.2) is 37.1 Å². The number of rotatable bonds is 2. The number of hydrogen-bond acceptors (Lipinski definition) is 3. The molecule has 0 saturated heterocycles. The molecule has 3 nitrogen and oxygen atoms in total. The second-order valence-corrected chi connectivity index (χ2v) is 4.53. The van der Waals surface area contributed by atoms with Gasteiger partial charge in [-0.25, -0.2) is 0 Å². The Morgan fingerprint density at radius 2 is 2.17 bits per heavy atom. The summed E-state index contributed by atoms with van der Waals surface area (Å²) in [6.45, 7) is -1.08. The van der Waals surface area contributed by atoms with Gasteiger partial charge in [0.15, 0.2) is 0 Å². The first-order chi connectivity index (χ1) is 8.33. The van der Waals surface area contributed by atoms with Crippen LogP contribution in [0.4, 0.5) is 13.2 Å². The zero-order chi connectivity index (χ0) is 13.8. The number of nitrogens with zero attached hydrogens (tertiary/aromatic N) is 1. The highest BCUT2D eigenvalue weighted by Crippen LogP contribution is 2.20. The molecule has 1 aromatic heterocycles. The third-order valence-corrected chi connectivity index (χ3v) is 2.88. The minimum atomic E-state index is -4.40. The van der Waals surface area contributed by atoms with Crippen molar-refractivity contribution in [3.8, 4) is 11.8 Å². The predicted octanol–water partition coefficient (Wildman–Crippen LogP) is 1.69. The lowest BCUT2D eigenvalue weighted by Crippen LogP contribution is -2.35. The van der Waals surface area contributed by atoms with Crippen LogP contribution in [-0.2, 0) is 0 Å². The molecule has 7 heteroatoms. The van der Waals surface area contributed by atoms with Gasteiger partial charge in [-0.1, -0.05) is 11.8 Å². The number of hydrogen-bond donors (Lipinski definition) is 1. The van der Waals surface area contributed by atoms with Crippen LogP contribution < -0.4 is 5.73 Å². The second-order valence-electron chi connectivity index (χ2n) is 3.45. The zero-order valence-electron chi connectivity index (χ0n) is 9.54. The quantitative estimate of drug-likeness (QED) is 0.836. The van der Waals surface area contributed by atoms with Crippen molar-refractivity contribution in [1.29, 1.82) is 0 Å². The van der Waals surface area contributed by atoms with Gasteiger partial charge in [0.1, 0.15) is 6.54 Å². The van der Waals surface area contributed by atoms with Crippen molar-refractivity contribution < 1.29 is 18.0 Å². The first-order valence-electron chi connectivity index (χ1n) is 4.94. The first-order valence-corrected chi connectivity index (χ1v) is 5.76. The van der Waals surface area contributed by atoms with E-state index in [-0.39, 0.29) is 11.4 Å². The Hall–Kier alpha value is -1.52. The van der Waals surface area contributed by atoms with Crippen molar-refractivity contribution in [3.63, 3.8) is 0 Å². The number of thiophene rings is 1. The van der Waals surface area contributed by atoms with E-state index in [1.165, 1.54) is 6.07 Å². The van der Waals surface area contributed by atoms with Crippen molar-refractivity contribution in [2.24, 2.45) is 5.73 Å². The van der Waals surface area contributed by atoms with Gasteiger partial charge in [-0.3, -0.25) is 4.79 Å². The van der Waals surface area contributed by atoms with Crippen molar-refractivity contribution in [2.75, 3.05) is 20.1 Å². The number of carbonyl (C=O) groups is 1. The fourth-order valence-corrected chi connectivity index (χ4v) is 2.06. The standard InChI is InChI=1S/C11H11F3N2OS/c1-16(7-11(12,13)14)10(17)9-5-4-8(18-9)3-2-6-15/h4-5H,6-7,15H2,1H3. The second kappa shape index (κ2) is 5.89. The summed E-state index contributed by atoms with van der Waals surface area (Å²) in [5, 5.41) is 0. The predicted molar refractivity (Wildman–Crippen MR) is 63.3 cm³/mol. The third kappa shape index (κ3) is 4.39. The maximum absolute atomic E-state index is 12.1. The molecule has 2 N–H and O–H groups in total. The number of nitrogens with two attached hydrogens (primary N) is 1. The summed E-state index contributed by atoms with van der Waals surface area (Å²) in [4.78, 5) is 13.1. The molecule has 0 unspecified atom stereocenters. The molecule has 98 valence electrons. The fraction of sp³-hybridized carbons (Fsp3) is 0.364. The Morgan fingerprint density at radius 1 is 1.50 bits per heavy atom. The van der Waals surface area contributed by atoms with Crippen molar-refractivity contribution >= 4 is 17.2 Å². The van der Waals surface area contributed by atoms with E-state index in [9.17, 15) is 18.0 Å². The summed E-state index contributed by atoms with van der Waals surface area (Å²) in [6, 6.07) is 3.04. The van der Waals surface area contributed by atoms with E-state index in [0.29, 0.717) is 9.78 Å². The Balaban J connectivity index is 2.75. The van der Waals surface area contributed by atoms with Gasteiger partial charge in [-0.2, -0.15) is 13.2 Å². The molecule has 0 aliphatic rings. The highest BCUT2D eigenvalue weighted by atomic mass is 32.1. The molecule has 0 aromatic carbocycles. The molecular weight excluding hydrogens is 265 g/mol. The number of carbonyl (C=O) groups excluding carboxylic acids is 1. The van der Waals surface area contributed by atoms with Gasteiger partial charge < -0.3 is 10.6 Å². The lowest BCUT2D eigenvalue weighted by atomic mass is 10.4. The molecule has 1 heterocycles. The lowest BCUT2D eigenvalue weighted by Gasteiger charge is -2.17. The number of amides is 1. The fourth-order valence-electron chi connectivity index (χ4n) is 1.19. The van der Waals surface area contributed by atoms with Gasteiger partial charge in [0.2, 0.25) is 0 Å². The van der Waals surface area contributed by atoms with E-state index < -0.39 is 18.6 Å². The van der Waals surface area contributed by atoms with Crippen LogP contribution in [0, 0.1) is 11.8 Å². The Kier molecular flexibility index (Phi) is 4.76. The van der Waals surface area contributed by atoms with E-state index in [1.807, 2.05) is 0 Å². The van der Waals surface area contributed by atoms with Gasteiger partial charge in [-0.05, 0) is 12.1 Å². The molecule has 0 fully saturated rings. The molecule has 0 saturated carbocycles. The summed E-state index contributed by atoms with van der Waals surface area (Å²) in [6.07, 6.45) is -4.40. The van der Waals surface area contributed by atoms with Crippen LogP contribution in [0.25, 0.3) is 0 Å². The molecule has 0 atom stereocenters. The Morgan fingerprint density at radius 3 is 2.72 bits per heavy atom. The van der Waals surface area contributed by atoms with Crippen molar-refractivity contribution in [1.82, 2.24) is 4.90 Å². The normalized spacial score (nSPS) is 10.7. The van der Waals surface area contributed by atoms with Gasteiger partial charge in [0.05, 0.1) is 16.3 Å². The third-order valence-electron chi connectivity index (χ3n) is 1.89. The van der Waals surface area contributed by atoms with Gasteiger partial charge in [0, 0.05) is 7.05 Å². The van der Waals surface area contributed by atoms with Gasteiger partial charge >= 0.3 is 6.18 Å². The number of alkyl halides is 3. The summed E-state index contributed by atoms with van der Waals surface area (Å²) in [5.74, 6) is 4.66. The maximum Gasteiger partial charge on any atom is 0.406 e. The lowest BCUT2D eigenvalue weighted by molar-refractivity contribution is -0.138. The van der Waals surface area contributed by atoms with Crippen LogP contribution in [0.3, 0.4) is 0 Å². The highest BCUT2D eigenvalue weighted by molar-refractivity contribution is 7.14. The SMILES string of the molecule is CN(CC(F)(F)F)C(=O)c1ccc(C#CCN)s1. The van der Waals surface area contributed by atoms with Gasteiger partial charge in [0.25, 0.3) is 5.91 Å². The summed E-state index contributed by atoms with van der Waals surface area (Å²) in [7, 11) is 1.11. The van der Waals surface area contributed by atoms with Crippen molar-refractivity contribution in [3.05, 3.63) is 21.9 Å². The van der Waals surface area contributed by atoms with Gasteiger partial charge in [-0.15, -0.1) is 11.3 Å². The average molecular weight is 276 g/mol. The Bertz CT molecular complexity index is 484. The van der Waals surface area contributed by atoms with Crippen molar-refractivity contribution in [2.45, 2.75) is 6.18 Å². The molecule has 0 radical (unpaired) electrons. The van der Waals surface area contributed by atoms with Crippen LogP contribution in [0.1, 0.15) is 14.5 Å². The maximum atomic E-state index is 12.1.